The minimum atomic E-state index is 0.0115. The molecule has 0 bridgehead atoms. The predicted molar refractivity (Wildman–Crippen MR) is 66.9 cm³/mol. The Bertz CT molecular complexity index is 390. The van der Waals surface area contributed by atoms with E-state index in [9.17, 15) is 4.79 Å². The maximum atomic E-state index is 11.7. The SMILES string of the molecule is C/C=C\C(=C/C)NC(=O)Cc1ccccc1. The van der Waals surface area contributed by atoms with Gasteiger partial charge in [0.15, 0.2) is 0 Å². The molecule has 0 atom stereocenters. The number of hydrogen-bond acceptors (Lipinski definition) is 1. The molecule has 0 aliphatic carbocycles. The average Bonchev–Trinajstić information content (AvgIpc) is 2.29. The molecule has 84 valence electrons. The quantitative estimate of drug-likeness (QED) is 0.769. The van der Waals surface area contributed by atoms with Crippen molar-refractivity contribution in [1.29, 1.82) is 0 Å². The van der Waals surface area contributed by atoms with Gasteiger partial charge in [-0.15, -0.1) is 0 Å². The van der Waals surface area contributed by atoms with Gasteiger partial charge in [-0.2, -0.15) is 0 Å². The first kappa shape index (κ1) is 12.2. The van der Waals surface area contributed by atoms with Crippen LogP contribution >= 0.6 is 0 Å². The van der Waals surface area contributed by atoms with Crippen LogP contribution in [0.15, 0.2) is 54.3 Å². The van der Waals surface area contributed by atoms with Crippen LogP contribution in [0.4, 0.5) is 0 Å². The molecule has 16 heavy (non-hydrogen) atoms. The lowest BCUT2D eigenvalue weighted by molar-refractivity contribution is -0.119. The fourth-order valence-corrected chi connectivity index (χ4v) is 1.38. The molecule has 0 heterocycles. The van der Waals surface area contributed by atoms with Gasteiger partial charge in [-0.3, -0.25) is 4.79 Å². The summed E-state index contributed by atoms with van der Waals surface area (Å²) in [5, 5.41) is 2.85. The Morgan fingerprint density at radius 1 is 1.25 bits per heavy atom. The monoisotopic (exact) mass is 215 g/mol. The molecule has 0 aliphatic heterocycles. The zero-order chi connectivity index (χ0) is 11.8. The lowest BCUT2D eigenvalue weighted by Crippen LogP contribution is -2.23. The number of carbonyl (C=O) groups excluding carboxylic acids is 1. The molecular formula is C14H17NO. The number of nitrogens with one attached hydrogen (secondary N) is 1. The van der Waals surface area contributed by atoms with Gasteiger partial charge in [-0.05, 0) is 25.5 Å². The Morgan fingerprint density at radius 2 is 1.94 bits per heavy atom. The molecule has 1 rings (SSSR count). The fraction of sp³-hybridized carbons (Fsp3) is 0.214. The molecular weight excluding hydrogens is 198 g/mol. The number of benzene rings is 1. The van der Waals surface area contributed by atoms with E-state index >= 15 is 0 Å². The molecule has 0 fully saturated rings. The van der Waals surface area contributed by atoms with E-state index in [1.54, 1.807) is 0 Å². The number of carbonyl (C=O) groups is 1. The molecule has 1 aromatic rings. The second-order valence-electron chi connectivity index (χ2n) is 3.45. The highest BCUT2D eigenvalue weighted by atomic mass is 16.1. The summed E-state index contributed by atoms with van der Waals surface area (Å²) >= 11 is 0. The van der Waals surface area contributed by atoms with Crippen molar-refractivity contribution in [1.82, 2.24) is 5.32 Å². The van der Waals surface area contributed by atoms with Crippen LogP contribution in [0.5, 0.6) is 0 Å². The van der Waals surface area contributed by atoms with Crippen LogP contribution in [-0.4, -0.2) is 5.91 Å². The van der Waals surface area contributed by atoms with E-state index in [4.69, 9.17) is 0 Å². The van der Waals surface area contributed by atoms with Crippen LogP contribution < -0.4 is 5.32 Å². The van der Waals surface area contributed by atoms with Gasteiger partial charge in [0.2, 0.25) is 5.91 Å². The number of amides is 1. The number of hydrogen-bond donors (Lipinski definition) is 1. The minimum absolute atomic E-state index is 0.0115. The zero-order valence-electron chi connectivity index (χ0n) is 9.73. The molecule has 1 N–H and O–H groups in total. The highest BCUT2D eigenvalue weighted by Gasteiger charge is 2.02. The Hall–Kier alpha value is -1.83. The normalized spacial score (nSPS) is 11.8. The van der Waals surface area contributed by atoms with Crippen LogP contribution in [0.3, 0.4) is 0 Å². The second-order valence-corrected chi connectivity index (χ2v) is 3.45. The largest absolute Gasteiger partial charge is 0.326 e. The summed E-state index contributed by atoms with van der Waals surface area (Å²) in [4.78, 5) is 11.7. The predicted octanol–water partition coefficient (Wildman–Crippen LogP) is 2.83. The lowest BCUT2D eigenvalue weighted by atomic mass is 10.1. The fourth-order valence-electron chi connectivity index (χ4n) is 1.38. The van der Waals surface area contributed by atoms with Gasteiger partial charge in [-0.1, -0.05) is 42.5 Å². The molecule has 0 radical (unpaired) electrons. The molecule has 0 aliphatic rings. The average molecular weight is 215 g/mol. The van der Waals surface area contributed by atoms with Gasteiger partial charge in [0.25, 0.3) is 0 Å². The molecule has 1 aromatic carbocycles. The van der Waals surface area contributed by atoms with Crippen molar-refractivity contribution in [2.45, 2.75) is 20.3 Å². The Kier molecular flexibility index (Phi) is 5.06. The standard InChI is InChI=1S/C14H17NO/c1-3-8-13(4-2)15-14(16)11-12-9-6-5-7-10-12/h3-10H,11H2,1-2H3,(H,15,16)/b8-3-,13-4+. The van der Waals surface area contributed by atoms with Gasteiger partial charge in [0.1, 0.15) is 0 Å². The summed E-state index contributed by atoms with van der Waals surface area (Å²) < 4.78 is 0. The van der Waals surface area contributed by atoms with E-state index in [1.807, 2.05) is 62.4 Å². The van der Waals surface area contributed by atoms with Crippen LogP contribution in [0.25, 0.3) is 0 Å². The molecule has 0 aromatic heterocycles. The number of rotatable bonds is 4. The molecule has 2 nitrogen and oxygen atoms in total. The van der Waals surface area contributed by atoms with Gasteiger partial charge in [0.05, 0.1) is 6.42 Å². The highest BCUT2D eigenvalue weighted by Crippen LogP contribution is 2.00. The molecule has 0 spiro atoms. The maximum absolute atomic E-state index is 11.7. The summed E-state index contributed by atoms with van der Waals surface area (Å²) in [6.45, 7) is 3.82. The summed E-state index contributed by atoms with van der Waals surface area (Å²) in [7, 11) is 0. The smallest absolute Gasteiger partial charge is 0.228 e. The van der Waals surface area contributed by atoms with Crippen molar-refractivity contribution < 1.29 is 4.79 Å². The second kappa shape index (κ2) is 6.62. The zero-order valence-corrected chi connectivity index (χ0v) is 9.73. The van der Waals surface area contributed by atoms with Crippen molar-refractivity contribution in [3.8, 4) is 0 Å². The summed E-state index contributed by atoms with van der Waals surface area (Å²) in [6, 6.07) is 9.71. The minimum Gasteiger partial charge on any atom is -0.326 e. The molecule has 0 unspecified atom stereocenters. The Morgan fingerprint density at radius 3 is 2.50 bits per heavy atom. The summed E-state index contributed by atoms with van der Waals surface area (Å²) in [5.74, 6) is 0.0115. The van der Waals surface area contributed by atoms with Crippen LogP contribution in [-0.2, 0) is 11.2 Å². The van der Waals surface area contributed by atoms with Crippen molar-refractivity contribution in [3.63, 3.8) is 0 Å². The third-order valence-corrected chi connectivity index (χ3v) is 2.15. The Balaban J connectivity index is 2.54. The van der Waals surface area contributed by atoms with Crippen molar-refractivity contribution in [2.24, 2.45) is 0 Å². The third-order valence-electron chi connectivity index (χ3n) is 2.15. The molecule has 1 amide bonds. The van der Waals surface area contributed by atoms with E-state index in [2.05, 4.69) is 5.32 Å². The molecule has 0 saturated carbocycles. The van der Waals surface area contributed by atoms with Crippen LogP contribution in [0.2, 0.25) is 0 Å². The van der Waals surface area contributed by atoms with E-state index < -0.39 is 0 Å². The van der Waals surface area contributed by atoms with Crippen molar-refractivity contribution >= 4 is 5.91 Å². The molecule has 0 saturated heterocycles. The third kappa shape index (κ3) is 4.13. The Labute approximate surface area is 96.7 Å². The first-order valence-electron chi connectivity index (χ1n) is 5.39. The van der Waals surface area contributed by atoms with E-state index in [0.717, 1.165) is 11.3 Å². The molecule has 2 heteroatoms. The van der Waals surface area contributed by atoms with Gasteiger partial charge in [-0.25, -0.2) is 0 Å². The number of allylic oxidation sites excluding steroid dienone is 3. The van der Waals surface area contributed by atoms with Crippen molar-refractivity contribution in [3.05, 3.63) is 59.8 Å². The maximum Gasteiger partial charge on any atom is 0.228 e. The van der Waals surface area contributed by atoms with Crippen LogP contribution in [0, 0.1) is 0 Å². The van der Waals surface area contributed by atoms with Crippen molar-refractivity contribution in [2.75, 3.05) is 0 Å². The van der Waals surface area contributed by atoms with E-state index in [0.29, 0.717) is 6.42 Å². The highest BCUT2D eigenvalue weighted by molar-refractivity contribution is 5.80. The van der Waals surface area contributed by atoms with Gasteiger partial charge in [0, 0.05) is 5.70 Å². The first-order valence-corrected chi connectivity index (χ1v) is 5.39. The summed E-state index contributed by atoms with van der Waals surface area (Å²) in [5.41, 5.74) is 1.86. The van der Waals surface area contributed by atoms with Gasteiger partial charge < -0.3 is 5.32 Å². The van der Waals surface area contributed by atoms with E-state index in [1.165, 1.54) is 0 Å². The lowest BCUT2D eigenvalue weighted by Gasteiger charge is -2.05. The van der Waals surface area contributed by atoms with E-state index in [-0.39, 0.29) is 5.91 Å². The van der Waals surface area contributed by atoms with Gasteiger partial charge >= 0.3 is 0 Å². The summed E-state index contributed by atoms with van der Waals surface area (Å²) in [6.07, 6.45) is 6.07. The van der Waals surface area contributed by atoms with Crippen LogP contribution in [0.1, 0.15) is 19.4 Å². The first-order chi connectivity index (χ1) is 7.76. The topological polar surface area (TPSA) is 29.1 Å².